The highest BCUT2D eigenvalue weighted by atomic mass is 32.2. The molecular formula is C19H23N3O3S. The zero-order valence-electron chi connectivity index (χ0n) is 14.7. The van der Waals surface area contributed by atoms with Gasteiger partial charge < -0.3 is 10.6 Å². The Morgan fingerprint density at radius 2 is 1.85 bits per heavy atom. The molecular weight excluding hydrogens is 350 g/mol. The number of benzene rings is 2. The van der Waals surface area contributed by atoms with Crippen molar-refractivity contribution in [3.8, 4) is 0 Å². The van der Waals surface area contributed by atoms with Crippen molar-refractivity contribution in [3.05, 3.63) is 59.7 Å². The van der Waals surface area contributed by atoms with Gasteiger partial charge in [0.25, 0.3) is 15.9 Å². The van der Waals surface area contributed by atoms with Crippen LogP contribution in [0.5, 0.6) is 0 Å². The van der Waals surface area contributed by atoms with Gasteiger partial charge in [-0.25, -0.2) is 8.42 Å². The number of rotatable bonds is 5. The van der Waals surface area contributed by atoms with Crippen LogP contribution in [-0.4, -0.2) is 33.5 Å². The Hall–Kier alpha value is -2.38. The van der Waals surface area contributed by atoms with Crippen molar-refractivity contribution in [3.63, 3.8) is 0 Å². The van der Waals surface area contributed by atoms with Crippen LogP contribution >= 0.6 is 0 Å². The molecule has 1 unspecified atom stereocenters. The third-order valence-electron chi connectivity index (χ3n) is 4.38. The zero-order valence-corrected chi connectivity index (χ0v) is 15.5. The van der Waals surface area contributed by atoms with E-state index in [2.05, 4.69) is 15.4 Å². The van der Waals surface area contributed by atoms with Gasteiger partial charge in [-0.2, -0.15) is 0 Å². The average Bonchev–Trinajstić information content (AvgIpc) is 2.63. The van der Waals surface area contributed by atoms with E-state index in [-0.39, 0.29) is 22.5 Å². The molecule has 3 N–H and O–H groups in total. The van der Waals surface area contributed by atoms with E-state index in [1.807, 2.05) is 6.92 Å². The van der Waals surface area contributed by atoms with Crippen LogP contribution < -0.4 is 15.4 Å². The summed E-state index contributed by atoms with van der Waals surface area (Å²) in [7, 11) is -3.76. The fraction of sp³-hybridized carbons (Fsp3) is 0.316. The van der Waals surface area contributed by atoms with E-state index < -0.39 is 10.0 Å². The van der Waals surface area contributed by atoms with E-state index in [0.29, 0.717) is 5.56 Å². The molecule has 0 aliphatic carbocycles. The van der Waals surface area contributed by atoms with Crippen molar-refractivity contribution in [2.24, 2.45) is 0 Å². The number of anilines is 1. The minimum absolute atomic E-state index is 0.0537. The summed E-state index contributed by atoms with van der Waals surface area (Å²) in [6, 6.07) is 13.3. The van der Waals surface area contributed by atoms with Crippen molar-refractivity contribution >= 4 is 21.6 Å². The summed E-state index contributed by atoms with van der Waals surface area (Å²) < 4.78 is 27.8. The van der Waals surface area contributed by atoms with Crippen molar-refractivity contribution in [1.29, 1.82) is 0 Å². The Bertz CT molecular complexity index is 873. The molecule has 1 atom stereocenters. The maximum Gasteiger partial charge on any atom is 0.261 e. The van der Waals surface area contributed by atoms with Crippen LogP contribution in [0.3, 0.4) is 0 Å². The second kappa shape index (κ2) is 7.88. The molecule has 0 spiro atoms. The lowest BCUT2D eigenvalue weighted by Crippen LogP contribution is -2.45. The first-order valence-corrected chi connectivity index (χ1v) is 10.1. The Morgan fingerprint density at radius 3 is 2.54 bits per heavy atom. The number of sulfonamides is 1. The Kier molecular flexibility index (Phi) is 5.58. The van der Waals surface area contributed by atoms with Crippen LogP contribution in [-0.2, 0) is 10.0 Å². The molecule has 2 aromatic carbocycles. The topological polar surface area (TPSA) is 87.3 Å². The van der Waals surface area contributed by atoms with Gasteiger partial charge in [0.15, 0.2) is 0 Å². The molecule has 2 aromatic rings. The normalized spacial score (nSPS) is 17.5. The molecule has 1 heterocycles. The first kappa shape index (κ1) is 18.4. The van der Waals surface area contributed by atoms with E-state index in [1.54, 1.807) is 48.5 Å². The lowest BCUT2D eigenvalue weighted by Gasteiger charge is -2.24. The van der Waals surface area contributed by atoms with Gasteiger partial charge in [0.05, 0.1) is 16.1 Å². The van der Waals surface area contributed by atoms with E-state index in [9.17, 15) is 13.2 Å². The molecule has 6 nitrogen and oxygen atoms in total. The maximum absolute atomic E-state index is 12.6. The van der Waals surface area contributed by atoms with Gasteiger partial charge in [-0.05, 0) is 50.6 Å². The van der Waals surface area contributed by atoms with E-state index in [0.717, 1.165) is 31.5 Å². The van der Waals surface area contributed by atoms with Crippen LogP contribution in [0, 0.1) is 6.92 Å². The molecule has 26 heavy (non-hydrogen) atoms. The van der Waals surface area contributed by atoms with Crippen molar-refractivity contribution in [2.75, 3.05) is 17.8 Å². The molecule has 1 amide bonds. The van der Waals surface area contributed by atoms with Crippen LogP contribution in [0.4, 0.5) is 5.69 Å². The van der Waals surface area contributed by atoms with Crippen molar-refractivity contribution < 1.29 is 13.2 Å². The van der Waals surface area contributed by atoms with Gasteiger partial charge in [0.2, 0.25) is 0 Å². The summed E-state index contributed by atoms with van der Waals surface area (Å²) in [4.78, 5) is 12.8. The van der Waals surface area contributed by atoms with Gasteiger partial charge in [0, 0.05) is 12.6 Å². The standard InChI is InChI=1S/C19H23N3O3S/c1-14-8-10-16(11-9-14)26(24,25)22-18-7-3-2-6-17(18)19(23)21-15-5-4-12-20-13-15/h2-3,6-11,15,20,22H,4-5,12-13H2,1H3,(H,21,23). The highest BCUT2D eigenvalue weighted by Gasteiger charge is 2.21. The van der Waals surface area contributed by atoms with E-state index in [1.165, 1.54) is 0 Å². The average molecular weight is 373 g/mol. The molecule has 0 radical (unpaired) electrons. The molecule has 138 valence electrons. The van der Waals surface area contributed by atoms with Crippen LogP contribution in [0.15, 0.2) is 53.4 Å². The predicted octanol–water partition coefficient (Wildman–Crippen LogP) is 2.28. The first-order chi connectivity index (χ1) is 12.5. The van der Waals surface area contributed by atoms with Crippen LogP contribution in [0.1, 0.15) is 28.8 Å². The molecule has 1 fully saturated rings. The second-order valence-corrected chi connectivity index (χ2v) is 8.16. The fourth-order valence-corrected chi connectivity index (χ4v) is 4.01. The summed E-state index contributed by atoms with van der Waals surface area (Å²) >= 11 is 0. The third kappa shape index (κ3) is 4.42. The Labute approximate surface area is 154 Å². The Morgan fingerprint density at radius 1 is 1.12 bits per heavy atom. The number of nitrogens with one attached hydrogen (secondary N) is 3. The second-order valence-electron chi connectivity index (χ2n) is 6.48. The predicted molar refractivity (Wildman–Crippen MR) is 102 cm³/mol. The highest BCUT2D eigenvalue weighted by Crippen LogP contribution is 2.21. The molecule has 0 aromatic heterocycles. The summed E-state index contributed by atoms with van der Waals surface area (Å²) in [6.07, 6.45) is 1.92. The summed E-state index contributed by atoms with van der Waals surface area (Å²) in [5.41, 5.74) is 1.56. The number of para-hydroxylation sites is 1. The number of carbonyl (C=O) groups excluding carboxylic acids is 1. The quantitative estimate of drug-likeness (QED) is 0.750. The zero-order chi connectivity index (χ0) is 18.6. The molecule has 1 aliphatic heterocycles. The van der Waals surface area contributed by atoms with Gasteiger partial charge in [-0.1, -0.05) is 29.8 Å². The summed E-state index contributed by atoms with van der Waals surface area (Å²) in [6.45, 7) is 3.58. The number of hydrogen-bond donors (Lipinski definition) is 3. The molecule has 1 aliphatic rings. The maximum atomic E-state index is 12.6. The smallest absolute Gasteiger partial charge is 0.261 e. The minimum Gasteiger partial charge on any atom is -0.348 e. The van der Waals surface area contributed by atoms with Crippen LogP contribution in [0.2, 0.25) is 0 Å². The van der Waals surface area contributed by atoms with Crippen molar-refractivity contribution in [1.82, 2.24) is 10.6 Å². The van der Waals surface area contributed by atoms with Gasteiger partial charge in [-0.3, -0.25) is 9.52 Å². The van der Waals surface area contributed by atoms with Crippen molar-refractivity contribution in [2.45, 2.75) is 30.7 Å². The minimum atomic E-state index is -3.76. The Balaban J connectivity index is 1.80. The highest BCUT2D eigenvalue weighted by molar-refractivity contribution is 7.92. The summed E-state index contributed by atoms with van der Waals surface area (Å²) in [5, 5.41) is 6.22. The van der Waals surface area contributed by atoms with E-state index >= 15 is 0 Å². The summed E-state index contributed by atoms with van der Waals surface area (Å²) in [5.74, 6) is -0.277. The number of carbonyl (C=O) groups is 1. The first-order valence-electron chi connectivity index (χ1n) is 8.66. The molecule has 0 saturated carbocycles. The lowest BCUT2D eigenvalue weighted by atomic mass is 10.1. The SMILES string of the molecule is Cc1ccc(S(=O)(=O)Nc2ccccc2C(=O)NC2CCCNC2)cc1. The molecule has 1 saturated heterocycles. The van der Waals surface area contributed by atoms with E-state index in [4.69, 9.17) is 0 Å². The molecule has 3 rings (SSSR count). The number of piperidine rings is 1. The largest absolute Gasteiger partial charge is 0.348 e. The number of hydrogen-bond acceptors (Lipinski definition) is 4. The van der Waals surface area contributed by atoms with Gasteiger partial charge in [-0.15, -0.1) is 0 Å². The lowest BCUT2D eigenvalue weighted by molar-refractivity contribution is 0.0931. The van der Waals surface area contributed by atoms with Crippen LogP contribution in [0.25, 0.3) is 0 Å². The molecule has 7 heteroatoms. The molecule has 0 bridgehead atoms. The fourth-order valence-electron chi connectivity index (χ4n) is 2.93. The van der Waals surface area contributed by atoms with Gasteiger partial charge >= 0.3 is 0 Å². The third-order valence-corrected chi connectivity index (χ3v) is 5.76. The van der Waals surface area contributed by atoms with Gasteiger partial charge in [0.1, 0.15) is 0 Å². The monoisotopic (exact) mass is 373 g/mol. The number of amides is 1. The number of aryl methyl sites for hydroxylation is 1.